The molecule has 1 amide bonds. The first-order chi connectivity index (χ1) is 7.72. The van der Waals surface area contributed by atoms with Gasteiger partial charge in [-0.1, -0.05) is 26.7 Å². The second kappa shape index (κ2) is 5.20. The van der Waals surface area contributed by atoms with Crippen molar-refractivity contribution in [2.24, 2.45) is 11.8 Å². The molecule has 2 heteroatoms. The highest BCUT2D eigenvalue weighted by atomic mass is 16.2. The van der Waals surface area contributed by atoms with Gasteiger partial charge in [0.25, 0.3) is 0 Å². The Labute approximate surface area is 99.4 Å². The molecule has 1 aliphatic carbocycles. The maximum absolute atomic E-state index is 12.2. The van der Waals surface area contributed by atoms with Gasteiger partial charge in [-0.3, -0.25) is 4.79 Å². The number of carbonyl (C=O) groups excluding carboxylic acids is 1. The summed E-state index contributed by atoms with van der Waals surface area (Å²) in [6.07, 6.45) is 8.39. The van der Waals surface area contributed by atoms with Gasteiger partial charge in [0.1, 0.15) is 0 Å². The smallest absolute Gasteiger partial charge is 0.223 e. The molecule has 2 nitrogen and oxygen atoms in total. The molecule has 2 atom stereocenters. The largest absolute Gasteiger partial charge is 0.339 e. The Kier molecular flexibility index (Phi) is 3.88. The third-order valence-electron chi connectivity index (χ3n) is 4.56. The van der Waals surface area contributed by atoms with Crippen LogP contribution in [0, 0.1) is 11.8 Å². The lowest BCUT2D eigenvalue weighted by Crippen LogP contribution is -2.37. The Balaban J connectivity index is 1.88. The van der Waals surface area contributed by atoms with E-state index in [9.17, 15) is 4.79 Å². The monoisotopic (exact) mass is 223 g/mol. The topological polar surface area (TPSA) is 20.3 Å². The fourth-order valence-corrected chi connectivity index (χ4v) is 3.52. The minimum Gasteiger partial charge on any atom is -0.339 e. The molecule has 1 heterocycles. The Hall–Kier alpha value is -0.530. The standard InChI is InChI=1S/C14H25NO/c1-3-13-11(2)8-9-15(13)14(16)10-12-6-4-5-7-12/h11-13H,3-10H2,1-2H3/t11-,13+/m1/s1. The first-order valence-corrected chi connectivity index (χ1v) is 7.01. The first-order valence-electron chi connectivity index (χ1n) is 7.01. The van der Waals surface area contributed by atoms with Crippen LogP contribution in [0.25, 0.3) is 0 Å². The van der Waals surface area contributed by atoms with Gasteiger partial charge in [0.2, 0.25) is 5.91 Å². The summed E-state index contributed by atoms with van der Waals surface area (Å²) >= 11 is 0. The van der Waals surface area contributed by atoms with E-state index in [1.807, 2.05) is 0 Å². The van der Waals surface area contributed by atoms with E-state index in [2.05, 4.69) is 18.7 Å². The van der Waals surface area contributed by atoms with Crippen LogP contribution in [0.2, 0.25) is 0 Å². The highest BCUT2D eigenvalue weighted by molar-refractivity contribution is 5.77. The van der Waals surface area contributed by atoms with E-state index in [1.165, 1.54) is 32.1 Å². The van der Waals surface area contributed by atoms with E-state index in [0.29, 0.717) is 23.8 Å². The van der Waals surface area contributed by atoms with Crippen LogP contribution in [0.15, 0.2) is 0 Å². The Morgan fingerprint density at radius 3 is 2.56 bits per heavy atom. The van der Waals surface area contributed by atoms with Crippen LogP contribution in [0.3, 0.4) is 0 Å². The lowest BCUT2D eigenvalue weighted by Gasteiger charge is -2.27. The second-order valence-electron chi connectivity index (χ2n) is 5.68. The minimum absolute atomic E-state index is 0.433. The van der Waals surface area contributed by atoms with Crippen molar-refractivity contribution in [3.05, 3.63) is 0 Å². The Morgan fingerprint density at radius 1 is 1.25 bits per heavy atom. The van der Waals surface area contributed by atoms with Crippen molar-refractivity contribution in [2.75, 3.05) is 6.54 Å². The van der Waals surface area contributed by atoms with Gasteiger partial charge in [-0.15, -0.1) is 0 Å². The van der Waals surface area contributed by atoms with Gasteiger partial charge >= 0.3 is 0 Å². The molecule has 0 aromatic heterocycles. The van der Waals surface area contributed by atoms with Crippen molar-refractivity contribution in [1.29, 1.82) is 0 Å². The predicted octanol–water partition coefficient (Wildman–Crippen LogP) is 3.21. The van der Waals surface area contributed by atoms with Gasteiger partial charge in [0, 0.05) is 19.0 Å². The molecule has 1 saturated carbocycles. The van der Waals surface area contributed by atoms with Gasteiger partial charge in [0.05, 0.1) is 0 Å². The summed E-state index contributed by atoms with van der Waals surface area (Å²) in [5, 5.41) is 0. The molecule has 1 aliphatic heterocycles. The SMILES string of the molecule is CC[C@H]1[C@H](C)CCN1C(=O)CC1CCCC1. The average Bonchev–Trinajstić information content (AvgIpc) is 2.87. The summed E-state index contributed by atoms with van der Waals surface area (Å²) in [4.78, 5) is 14.4. The van der Waals surface area contributed by atoms with Crippen molar-refractivity contribution >= 4 is 5.91 Å². The maximum Gasteiger partial charge on any atom is 0.223 e. The predicted molar refractivity (Wildman–Crippen MR) is 66.1 cm³/mol. The number of hydrogen-bond acceptors (Lipinski definition) is 1. The number of likely N-dealkylation sites (tertiary alicyclic amines) is 1. The molecule has 0 N–H and O–H groups in total. The molecule has 0 spiro atoms. The number of nitrogens with zero attached hydrogens (tertiary/aromatic N) is 1. The van der Waals surface area contributed by atoms with E-state index in [4.69, 9.17) is 0 Å². The van der Waals surface area contributed by atoms with Crippen LogP contribution >= 0.6 is 0 Å². The first kappa shape index (κ1) is 11.9. The zero-order valence-electron chi connectivity index (χ0n) is 10.7. The van der Waals surface area contributed by atoms with Crippen molar-refractivity contribution in [3.63, 3.8) is 0 Å². The molecule has 0 aromatic carbocycles. The van der Waals surface area contributed by atoms with Crippen LogP contribution in [0.5, 0.6) is 0 Å². The van der Waals surface area contributed by atoms with Gasteiger partial charge in [-0.25, -0.2) is 0 Å². The summed E-state index contributed by atoms with van der Waals surface area (Å²) in [6.45, 7) is 5.50. The van der Waals surface area contributed by atoms with Crippen LogP contribution in [-0.2, 0) is 4.79 Å². The molecule has 2 aliphatic rings. The number of amides is 1. The lowest BCUT2D eigenvalue weighted by molar-refractivity contribution is -0.133. The fraction of sp³-hybridized carbons (Fsp3) is 0.929. The number of rotatable bonds is 3. The van der Waals surface area contributed by atoms with Gasteiger partial charge < -0.3 is 4.90 Å². The van der Waals surface area contributed by atoms with Crippen molar-refractivity contribution in [2.45, 2.75) is 64.8 Å². The van der Waals surface area contributed by atoms with E-state index >= 15 is 0 Å². The third-order valence-corrected chi connectivity index (χ3v) is 4.56. The highest BCUT2D eigenvalue weighted by Crippen LogP contribution is 2.31. The van der Waals surface area contributed by atoms with Crippen molar-refractivity contribution < 1.29 is 4.79 Å². The molecule has 2 fully saturated rings. The molecule has 0 bridgehead atoms. The summed E-state index contributed by atoms with van der Waals surface area (Å²) in [5.74, 6) is 1.83. The van der Waals surface area contributed by atoms with E-state index in [1.54, 1.807) is 0 Å². The molecule has 92 valence electrons. The van der Waals surface area contributed by atoms with Crippen molar-refractivity contribution in [3.8, 4) is 0 Å². The Bertz CT molecular complexity index is 245. The quantitative estimate of drug-likeness (QED) is 0.719. The summed E-state index contributed by atoms with van der Waals surface area (Å²) < 4.78 is 0. The minimum atomic E-state index is 0.433. The molecule has 0 radical (unpaired) electrons. The van der Waals surface area contributed by atoms with Gasteiger partial charge in [-0.2, -0.15) is 0 Å². The maximum atomic E-state index is 12.2. The van der Waals surface area contributed by atoms with Crippen LogP contribution < -0.4 is 0 Å². The molecule has 2 rings (SSSR count). The van der Waals surface area contributed by atoms with Crippen LogP contribution in [-0.4, -0.2) is 23.4 Å². The van der Waals surface area contributed by atoms with Crippen LogP contribution in [0.4, 0.5) is 0 Å². The van der Waals surface area contributed by atoms with Crippen molar-refractivity contribution in [1.82, 2.24) is 4.90 Å². The molecule has 1 saturated heterocycles. The number of hydrogen-bond donors (Lipinski definition) is 0. The summed E-state index contributed by atoms with van der Waals surface area (Å²) in [7, 11) is 0. The lowest BCUT2D eigenvalue weighted by atomic mass is 9.99. The number of carbonyl (C=O) groups is 1. The normalized spacial score (nSPS) is 31.2. The molecular weight excluding hydrogens is 198 g/mol. The molecular formula is C14H25NO. The zero-order chi connectivity index (χ0) is 11.5. The molecule has 0 aromatic rings. The van der Waals surface area contributed by atoms with E-state index < -0.39 is 0 Å². The van der Waals surface area contributed by atoms with Gasteiger partial charge in [0.15, 0.2) is 0 Å². The molecule has 16 heavy (non-hydrogen) atoms. The highest BCUT2D eigenvalue weighted by Gasteiger charge is 2.33. The van der Waals surface area contributed by atoms with Crippen LogP contribution in [0.1, 0.15) is 58.8 Å². The summed E-state index contributed by atoms with van der Waals surface area (Å²) in [5.41, 5.74) is 0. The Morgan fingerprint density at radius 2 is 1.94 bits per heavy atom. The summed E-state index contributed by atoms with van der Waals surface area (Å²) in [6, 6.07) is 0.522. The van der Waals surface area contributed by atoms with Gasteiger partial charge in [-0.05, 0) is 37.5 Å². The fourth-order valence-electron chi connectivity index (χ4n) is 3.52. The third kappa shape index (κ3) is 2.41. The molecule has 0 unspecified atom stereocenters. The van der Waals surface area contributed by atoms with E-state index in [-0.39, 0.29) is 0 Å². The average molecular weight is 223 g/mol. The zero-order valence-corrected chi connectivity index (χ0v) is 10.7. The second-order valence-corrected chi connectivity index (χ2v) is 5.68. The van der Waals surface area contributed by atoms with E-state index in [0.717, 1.165) is 19.4 Å².